The van der Waals surface area contributed by atoms with E-state index in [1.165, 1.54) is 13.8 Å². The van der Waals surface area contributed by atoms with E-state index in [0.29, 0.717) is 0 Å². The molecule has 0 aromatic heterocycles. The van der Waals surface area contributed by atoms with Crippen LogP contribution in [0.25, 0.3) is 0 Å². The van der Waals surface area contributed by atoms with E-state index in [9.17, 15) is 9.59 Å². The zero-order valence-electron chi connectivity index (χ0n) is 6.18. The molecule has 0 spiro atoms. The Labute approximate surface area is 59.8 Å². The lowest BCUT2D eigenvalue weighted by molar-refractivity contribution is -0.120. The molecule has 0 aliphatic carbocycles. The number of carbonyl (C=O) groups is 2. The highest BCUT2D eigenvalue weighted by molar-refractivity contribution is 5.82. The first-order chi connectivity index (χ1) is 4.54. The number of hydrogen-bond acceptors (Lipinski definition) is 3. The van der Waals surface area contributed by atoms with Gasteiger partial charge < -0.3 is 11.1 Å². The van der Waals surface area contributed by atoms with Crippen LogP contribution >= 0.6 is 0 Å². The van der Waals surface area contributed by atoms with Crippen LogP contribution in [0.1, 0.15) is 13.8 Å². The van der Waals surface area contributed by atoms with E-state index >= 15 is 0 Å². The van der Waals surface area contributed by atoms with E-state index < -0.39 is 6.04 Å². The van der Waals surface area contributed by atoms with Gasteiger partial charge >= 0.3 is 0 Å². The molecular weight excluding hydrogens is 132 g/mol. The van der Waals surface area contributed by atoms with Crippen LogP contribution in [0.2, 0.25) is 0 Å². The van der Waals surface area contributed by atoms with Crippen molar-refractivity contribution in [1.29, 1.82) is 0 Å². The normalized spacial score (nSPS) is 12.3. The lowest BCUT2D eigenvalue weighted by Crippen LogP contribution is -2.40. The van der Waals surface area contributed by atoms with Gasteiger partial charge in [0, 0.05) is 13.5 Å². The Bertz CT molecular complexity index is 145. The summed E-state index contributed by atoms with van der Waals surface area (Å²) < 4.78 is 0. The third kappa shape index (κ3) is 4.03. The Morgan fingerprint density at radius 3 is 2.30 bits per heavy atom. The predicted octanol–water partition coefficient (Wildman–Crippen LogP) is -0.961. The molecule has 0 aliphatic rings. The van der Waals surface area contributed by atoms with Crippen molar-refractivity contribution in [3.63, 3.8) is 0 Å². The van der Waals surface area contributed by atoms with E-state index in [1.54, 1.807) is 0 Å². The van der Waals surface area contributed by atoms with Crippen LogP contribution in [0.3, 0.4) is 0 Å². The number of rotatable bonds is 3. The standard InChI is InChI=1S/C6H12N2O2/c1-4(9)6(7)3-8-5(2)10/h6H,3,7H2,1-2H3,(H,8,10). The van der Waals surface area contributed by atoms with E-state index in [0.717, 1.165) is 0 Å². The maximum absolute atomic E-state index is 10.5. The number of hydrogen-bond donors (Lipinski definition) is 2. The minimum absolute atomic E-state index is 0.117. The number of Topliss-reactive ketones (excluding diaryl/α,β-unsaturated/α-hetero) is 1. The fourth-order valence-corrected chi connectivity index (χ4v) is 0.397. The summed E-state index contributed by atoms with van der Waals surface area (Å²) in [5, 5.41) is 2.44. The molecule has 10 heavy (non-hydrogen) atoms. The Morgan fingerprint density at radius 1 is 1.50 bits per heavy atom. The molecular formula is C6H12N2O2. The van der Waals surface area contributed by atoms with Crippen LogP contribution in [-0.2, 0) is 9.59 Å². The highest BCUT2D eigenvalue weighted by Gasteiger charge is 2.06. The number of nitrogens with one attached hydrogen (secondary N) is 1. The zero-order valence-corrected chi connectivity index (χ0v) is 6.18. The molecule has 4 heteroatoms. The summed E-state index contributed by atoms with van der Waals surface area (Å²) in [5.41, 5.74) is 5.30. The van der Waals surface area contributed by atoms with E-state index in [1.807, 2.05) is 0 Å². The van der Waals surface area contributed by atoms with Crippen molar-refractivity contribution in [3.05, 3.63) is 0 Å². The number of carbonyl (C=O) groups excluding carboxylic acids is 2. The van der Waals surface area contributed by atoms with Crippen LogP contribution in [-0.4, -0.2) is 24.3 Å². The van der Waals surface area contributed by atoms with Gasteiger partial charge in [0.2, 0.25) is 5.91 Å². The molecule has 3 N–H and O–H groups in total. The van der Waals surface area contributed by atoms with Crippen LogP contribution in [0.5, 0.6) is 0 Å². The summed E-state index contributed by atoms with van der Waals surface area (Å²) in [7, 11) is 0. The molecule has 0 aliphatic heterocycles. The molecule has 1 amide bonds. The lowest BCUT2D eigenvalue weighted by Gasteiger charge is -2.06. The molecule has 0 bridgehead atoms. The van der Waals surface area contributed by atoms with Crippen LogP contribution in [0.4, 0.5) is 0 Å². The Hall–Kier alpha value is -0.900. The third-order valence-corrected chi connectivity index (χ3v) is 1.09. The maximum Gasteiger partial charge on any atom is 0.216 e. The molecule has 0 saturated heterocycles. The highest BCUT2D eigenvalue weighted by Crippen LogP contribution is 1.77. The molecule has 0 aromatic carbocycles. The fraction of sp³-hybridized carbons (Fsp3) is 0.667. The molecule has 0 fully saturated rings. The molecule has 4 nitrogen and oxygen atoms in total. The molecule has 1 unspecified atom stereocenters. The van der Waals surface area contributed by atoms with Crippen molar-refractivity contribution < 1.29 is 9.59 Å². The predicted molar refractivity (Wildman–Crippen MR) is 37.3 cm³/mol. The molecule has 58 valence electrons. The van der Waals surface area contributed by atoms with Gasteiger partial charge in [-0.15, -0.1) is 0 Å². The summed E-state index contributed by atoms with van der Waals surface area (Å²) >= 11 is 0. The Morgan fingerprint density at radius 2 is 2.00 bits per heavy atom. The van der Waals surface area contributed by atoms with E-state index in [4.69, 9.17) is 5.73 Å². The quantitative estimate of drug-likeness (QED) is 0.535. The lowest BCUT2D eigenvalue weighted by atomic mass is 10.2. The second-order valence-electron chi connectivity index (χ2n) is 2.15. The van der Waals surface area contributed by atoms with Crippen molar-refractivity contribution >= 4 is 11.7 Å². The second-order valence-corrected chi connectivity index (χ2v) is 2.15. The first-order valence-corrected chi connectivity index (χ1v) is 3.04. The number of amides is 1. The minimum atomic E-state index is -0.566. The first-order valence-electron chi connectivity index (χ1n) is 3.04. The zero-order chi connectivity index (χ0) is 8.15. The van der Waals surface area contributed by atoms with E-state index in [2.05, 4.69) is 5.32 Å². The monoisotopic (exact) mass is 144 g/mol. The Kier molecular flexibility index (Phi) is 3.64. The number of ketones is 1. The van der Waals surface area contributed by atoms with Crippen molar-refractivity contribution in [2.75, 3.05) is 6.54 Å². The molecule has 0 saturated carbocycles. The summed E-state index contributed by atoms with van der Waals surface area (Å²) in [6.07, 6.45) is 0. The largest absolute Gasteiger partial charge is 0.354 e. The average Bonchev–Trinajstić information content (AvgIpc) is 1.82. The van der Waals surface area contributed by atoms with Gasteiger partial charge in [0.25, 0.3) is 0 Å². The van der Waals surface area contributed by atoms with Gasteiger partial charge in [-0.3, -0.25) is 9.59 Å². The highest BCUT2D eigenvalue weighted by atomic mass is 16.1. The molecule has 1 atom stereocenters. The SMILES string of the molecule is CC(=O)NCC(N)C(C)=O. The van der Waals surface area contributed by atoms with Gasteiger partial charge in [0.1, 0.15) is 5.78 Å². The summed E-state index contributed by atoms with van der Waals surface area (Å²) in [6.45, 7) is 3.00. The molecule has 0 aromatic rings. The van der Waals surface area contributed by atoms with Gasteiger partial charge in [0.15, 0.2) is 0 Å². The topological polar surface area (TPSA) is 72.2 Å². The van der Waals surface area contributed by atoms with Crippen LogP contribution in [0, 0.1) is 0 Å². The van der Waals surface area contributed by atoms with Crippen molar-refractivity contribution in [2.24, 2.45) is 5.73 Å². The smallest absolute Gasteiger partial charge is 0.216 e. The van der Waals surface area contributed by atoms with Crippen molar-refractivity contribution in [3.8, 4) is 0 Å². The summed E-state index contributed by atoms with van der Waals surface area (Å²) in [6, 6.07) is -0.566. The maximum atomic E-state index is 10.5. The second kappa shape index (κ2) is 4.00. The van der Waals surface area contributed by atoms with Crippen molar-refractivity contribution in [2.45, 2.75) is 19.9 Å². The molecule has 0 radical (unpaired) electrons. The fourth-order valence-electron chi connectivity index (χ4n) is 0.397. The average molecular weight is 144 g/mol. The van der Waals surface area contributed by atoms with Gasteiger partial charge in [-0.2, -0.15) is 0 Å². The first kappa shape index (κ1) is 9.10. The van der Waals surface area contributed by atoms with Gasteiger partial charge in [0.05, 0.1) is 6.04 Å². The van der Waals surface area contributed by atoms with Gasteiger partial charge in [-0.1, -0.05) is 0 Å². The summed E-state index contributed by atoms with van der Waals surface area (Å²) in [5.74, 6) is -0.287. The Balaban J connectivity index is 3.49. The minimum Gasteiger partial charge on any atom is -0.354 e. The molecule has 0 heterocycles. The van der Waals surface area contributed by atoms with E-state index in [-0.39, 0.29) is 18.2 Å². The van der Waals surface area contributed by atoms with Crippen LogP contribution < -0.4 is 11.1 Å². The third-order valence-electron chi connectivity index (χ3n) is 1.09. The summed E-state index contributed by atoms with van der Waals surface area (Å²) in [4.78, 5) is 20.8. The van der Waals surface area contributed by atoms with Gasteiger partial charge in [-0.25, -0.2) is 0 Å². The number of nitrogens with two attached hydrogens (primary N) is 1. The van der Waals surface area contributed by atoms with Gasteiger partial charge in [-0.05, 0) is 6.92 Å². The van der Waals surface area contributed by atoms with Crippen LogP contribution in [0.15, 0.2) is 0 Å². The van der Waals surface area contributed by atoms with Crippen molar-refractivity contribution in [1.82, 2.24) is 5.32 Å². The molecule has 0 rings (SSSR count).